The molecular weight excluding hydrogens is 162 g/mol. The number of rotatable bonds is 3. The zero-order valence-electron chi connectivity index (χ0n) is 6.38. The maximum absolute atomic E-state index is 5.68. The minimum atomic E-state index is 0.610. The topological polar surface area (TPSA) is 22.1 Å². The summed E-state index contributed by atoms with van der Waals surface area (Å²) in [7, 11) is 0. The van der Waals surface area contributed by atoms with Gasteiger partial charge in [0.25, 0.3) is 0 Å². The third-order valence-corrected chi connectivity index (χ3v) is 1.36. The van der Waals surface area contributed by atoms with Crippen LogP contribution in [-0.4, -0.2) is 11.6 Å². The minimum absolute atomic E-state index is 0.610. The van der Waals surface area contributed by atoms with E-state index in [-0.39, 0.29) is 0 Å². The van der Waals surface area contributed by atoms with Crippen LogP contribution in [0.2, 0.25) is 5.02 Å². The second-order valence-electron chi connectivity index (χ2n) is 2.19. The van der Waals surface area contributed by atoms with Crippen LogP contribution in [-0.2, 0) is 0 Å². The van der Waals surface area contributed by atoms with Crippen LogP contribution in [0.4, 0.5) is 0 Å². The molecule has 3 heteroatoms. The molecule has 1 aromatic rings. The van der Waals surface area contributed by atoms with Gasteiger partial charge in [-0.3, -0.25) is 4.98 Å². The Morgan fingerprint density at radius 2 is 2.36 bits per heavy atom. The minimum Gasteiger partial charge on any atom is -0.492 e. The Morgan fingerprint density at radius 1 is 1.55 bits per heavy atom. The molecule has 0 amide bonds. The van der Waals surface area contributed by atoms with Crippen molar-refractivity contribution < 1.29 is 4.74 Å². The first-order chi connectivity index (χ1) is 5.33. The van der Waals surface area contributed by atoms with Gasteiger partial charge in [0.2, 0.25) is 0 Å². The Hall–Kier alpha value is -0.760. The molecule has 0 saturated heterocycles. The number of halogens is 1. The Labute approximate surface area is 71.2 Å². The zero-order valence-corrected chi connectivity index (χ0v) is 7.14. The van der Waals surface area contributed by atoms with Crippen molar-refractivity contribution in [2.75, 3.05) is 6.61 Å². The lowest BCUT2D eigenvalue weighted by Crippen LogP contribution is -1.94. The Kier molecular flexibility index (Phi) is 3.17. The van der Waals surface area contributed by atoms with E-state index in [0.717, 1.165) is 12.2 Å². The summed E-state index contributed by atoms with van der Waals surface area (Å²) in [5.41, 5.74) is 0. The largest absolute Gasteiger partial charge is 0.492 e. The smallest absolute Gasteiger partial charge is 0.139 e. The fourth-order valence-corrected chi connectivity index (χ4v) is 0.855. The van der Waals surface area contributed by atoms with Gasteiger partial charge in [-0.05, 0) is 6.42 Å². The van der Waals surface area contributed by atoms with Crippen LogP contribution in [0.25, 0.3) is 0 Å². The average molecular weight is 172 g/mol. The maximum Gasteiger partial charge on any atom is 0.139 e. The van der Waals surface area contributed by atoms with E-state index >= 15 is 0 Å². The van der Waals surface area contributed by atoms with Gasteiger partial charge in [-0.25, -0.2) is 0 Å². The predicted octanol–water partition coefficient (Wildman–Crippen LogP) is 2.52. The third kappa shape index (κ3) is 2.76. The normalized spacial score (nSPS) is 9.64. The van der Waals surface area contributed by atoms with Crippen LogP contribution in [0, 0.1) is 0 Å². The second-order valence-corrected chi connectivity index (χ2v) is 2.62. The fourth-order valence-electron chi connectivity index (χ4n) is 0.691. The summed E-state index contributed by atoms with van der Waals surface area (Å²) in [6.45, 7) is 2.76. The van der Waals surface area contributed by atoms with Crippen molar-refractivity contribution in [2.45, 2.75) is 13.3 Å². The van der Waals surface area contributed by atoms with Crippen molar-refractivity contribution >= 4 is 11.6 Å². The Morgan fingerprint density at radius 3 is 3.00 bits per heavy atom. The first-order valence-corrected chi connectivity index (χ1v) is 3.94. The van der Waals surface area contributed by atoms with E-state index in [1.807, 2.05) is 0 Å². The highest BCUT2D eigenvalue weighted by Crippen LogP contribution is 2.14. The maximum atomic E-state index is 5.68. The molecule has 0 aliphatic carbocycles. The summed E-state index contributed by atoms with van der Waals surface area (Å²) >= 11 is 5.68. The first-order valence-electron chi connectivity index (χ1n) is 3.56. The molecule has 0 atom stereocenters. The monoisotopic (exact) mass is 171 g/mol. The molecule has 0 aliphatic heterocycles. The van der Waals surface area contributed by atoms with E-state index in [4.69, 9.17) is 16.3 Å². The third-order valence-electron chi connectivity index (χ3n) is 1.15. The summed E-state index contributed by atoms with van der Waals surface area (Å²) in [4.78, 5) is 3.88. The number of pyridine rings is 1. The van der Waals surface area contributed by atoms with E-state index in [2.05, 4.69) is 11.9 Å². The van der Waals surface area contributed by atoms with Gasteiger partial charge in [-0.1, -0.05) is 18.5 Å². The highest BCUT2D eigenvalue weighted by atomic mass is 35.5. The molecule has 0 aliphatic rings. The number of hydrogen-bond donors (Lipinski definition) is 0. The van der Waals surface area contributed by atoms with Gasteiger partial charge in [-0.2, -0.15) is 0 Å². The van der Waals surface area contributed by atoms with Crippen LogP contribution < -0.4 is 4.74 Å². The van der Waals surface area contributed by atoms with Crippen molar-refractivity contribution in [3.8, 4) is 5.75 Å². The molecule has 0 bridgehead atoms. The predicted molar refractivity (Wildman–Crippen MR) is 45.0 cm³/mol. The van der Waals surface area contributed by atoms with Gasteiger partial charge in [0.15, 0.2) is 0 Å². The molecule has 0 unspecified atom stereocenters. The van der Waals surface area contributed by atoms with Gasteiger partial charge in [0.05, 0.1) is 17.8 Å². The SMILES string of the molecule is CCCOc1cncc(Cl)c1. The fraction of sp³-hybridized carbons (Fsp3) is 0.375. The van der Waals surface area contributed by atoms with Crippen LogP contribution in [0.1, 0.15) is 13.3 Å². The summed E-state index contributed by atoms with van der Waals surface area (Å²) in [5, 5.41) is 0.610. The highest BCUT2D eigenvalue weighted by Gasteiger charge is 1.93. The summed E-state index contributed by atoms with van der Waals surface area (Å²) in [5.74, 6) is 0.736. The van der Waals surface area contributed by atoms with Gasteiger partial charge >= 0.3 is 0 Å². The number of aromatic nitrogens is 1. The molecule has 1 rings (SSSR count). The average Bonchev–Trinajstić information content (AvgIpc) is 2.01. The lowest BCUT2D eigenvalue weighted by atomic mass is 10.4. The Balaban J connectivity index is 2.56. The second kappa shape index (κ2) is 4.19. The lowest BCUT2D eigenvalue weighted by molar-refractivity contribution is 0.316. The van der Waals surface area contributed by atoms with Crippen molar-refractivity contribution in [2.24, 2.45) is 0 Å². The molecule has 0 aromatic carbocycles. The first kappa shape index (κ1) is 8.34. The van der Waals surface area contributed by atoms with E-state index < -0.39 is 0 Å². The van der Waals surface area contributed by atoms with Crippen LogP contribution in [0.5, 0.6) is 5.75 Å². The summed E-state index contributed by atoms with van der Waals surface area (Å²) < 4.78 is 5.29. The zero-order chi connectivity index (χ0) is 8.10. The molecule has 0 spiro atoms. The van der Waals surface area contributed by atoms with E-state index in [9.17, 15) is 0 Å². The molecular formula is C8H10ClNO. The standard InChI is InChI=1S/C8H10ClNO/c1-2-3-11-8-4-7(9)5-10-6-8/h4-6H,2-3H2,1H3. The molecule has 0 radical (unpaired) electrons. The molecule has 1 heterocycles. The highest BCUT2D eigenvalue weighted by molar-refractivity contribution is 6.30. The summed E-state index contributed by atoms with van der Waals surface area (Å²) in [6, 6.07) is 1.75. The van der Waals surface area contributed by atoms with E-state index in [0.29, 0.717) is 11.6 Å². The Bertz CT molecular complexity index is 227. The number of nitrogens with zero attached hydrogens (tertiary/aromatic N) is 1. The molecule has 0 N–H and O–H groups in total. The van der Waals surface area contributed by atoms with Gasteiger partial charge in [0, 0.05) is 12.3 Å². The quantitative estimate of drug-likeness (QED) is 0.697. The van der Waals surface area contributed by atoms with Gasteiger partial charge in [-0.15, -0.1) is 0 Å². The van der Waals surface area contributed by atoms with E-state index in [1.165, 1.54) is 0 Å². The molecule has 0 fully saturated rings. The molecule has 1 aromatic heterocycles. The molecule has 2 nitrogen and oxygen atoms in total. The van der Waals surface area contributed by atoms with Gasteiger partial charge < -0.3 is 4.74 Å². The van der Waals surface area contributed by atoms with Crippen molar-refractivity contribution in [3.05, 3.63) is 23.5 Å². The van der Waals surface area contributed by atoms with Crippen LogP contribution in [0.15, 0.2) is 18.5 Å². The molecule has 60 valence electrons. The molecule has 0 saturated carbocycles. The van der Waals surface area contributed by atoms with Crippen molar-refractivity contribution in [1.29, 1.82) is 0 Å². The van der Waals surface area contributed by atoms with Crippen molar-refractivity contribution in [3.63, 3.8) is 0 Å². The van der Waals surface area contributed by atoms with Crippen molar-refractivity contribution in [1.82, 2.24) is 4.98 Å². The summed E-state index contributed by atoms with van der Waals surface area (Å²) in [6.07, 6.45) is 4.23. The number of hydrogen-bond acceptors (Lipinski definition) is 2. The van der Waals surface area contributed by atoms with Gasteiger partial charge in [0.1, 0.15) is 5.75 Å². The number of ether oxygens (including phenoxy) is 1. The van der Waals surface area contributed by atoms with Crippen LogP contribution >= 0.6 is 11.6 Å². The lowest BCUT2D eigenvalue weighted by Gasteiger charge is -2.02. The van der Waals surface area contributed by atoms with E-state index in [1.54, 1.807) is 18.5 Å². The van der Waals surface area contributed by atoms with Crippen LogP contribution in [0.3, 0.4) is 0 Å². The molecule has 11 heavy (non-hydrogen) atoms.